The fourth-order valence-electron chi connectivity index (χ4n) is 3.99. The van der Waals surface area contributed by atoms with Crippen LogP contribution in [0.25, 0.3) is 10.9 Å². The maximum absolute atomic E-state index is 13.2. The average molecular weight is 443 g/mol. The van der Waals surface area contributed by atoms with Gasteiger partial charge in [0.2, 0.25) is 0 Å². The van der Waals surface area contributed by atoms with Gasteiger partial charge in [0, 0.05) is 43.1 Å². The lowest BCUT2D eigenvalue weighted by molar-refractivity contribution is 0.0651. The van der Waals surface area contributed by atoms with Gasteiger partial charge in [0.15, 0.2) is 5.78 Å². The van der Waals surface area contributed by atoms with Gasteiger partial charge in [0.25, 0.3) is 11.5 Å². The van der Waals surface area contributed by atoms with Crippen LogP contribution in [0.1, 0.15) is 33.6 Å². The topological polar surface area (TPSA) is 59.4 Å². The number of nitrogens with zero attached hydrogens (tertiary/aromatic N) is 2. The second kappa shape index (κ2) is 8.25. The summed E-state index contributed by atoms with van der Waals surface area (Å²) in [5.41, 5.74) is 1.44. The Morgan fingerprint density at radius 3 is 2.37 bits per heavy atom. The summed E-state index contributed by atoms with van der Waals surface area (Å²) in [4.78, 5) is 40.0. The van der Waals surface area contributed by atoms with E-state index in [2.05, 4.69) is 0 Å². The van der Waals surface area contributed by atoms with Gasteiger partial charge in [-0.3, -0.25) is 14.4 Å². The van der Waals surface area contributed by atoms with E-state index >= 15 is 0 Å². The van der Waals surface area contributed by atoms with E-state index in [1.807, 2.05) is 24.3 Å². The van der Waals surface area contributed by atoms with E-state index in [0.717, 1.165) is 10.9 Å². The Labute approximate surface area is 183 Å². The summed E-state index contributed by atoms with van der Waals surface area (Å²) in [6, 6.07) is 13.7. The van der Waals surface area contributed by atoms with Crippen LogP contribution in [0.15, 0.2) is 53.3 Å². The molecule has 1 aromatic heterocycles. The first-order valence-electron chi connectivity index (χ1n) is 9.74. The zero-order valence-corrected chi connectivity index (χ0v) is 17.9. The highest BCUT2D eigenvalue weighted by Crippen LogP contribution is 2.28. The highest BCUT2D eigenvalue weighted by atomic mass is 35.5. The molecular formula is C23H20Cl2N2O3. The molecule has 1 fully saturated rings. The van der Waals surface area contributed by atoms with Crippen molar-refractivity contribution in [2.75, 3.05) is 13.1 Å². The third-order valence-electron chi connectivity index (χ3n) is 5.74. The molecule has 0 unspecified atom stereocenters. The first kappa shape index (κ1) is 20.6. The van der Waals surface area contributed by atoms with Crippen LogP contribution in [0.3, 0.4) is 0 Å². The number of aromatic nitrogens is 1. The summed E-state index contributed by atoms with van der Waals surface area (Å²) in [5, 5.41) is 1.51. The molecule has 2 heterocycles. The van der Waals surface area contributed by atoms with E-state index < -0.39 is 0 Å². The summed E-state index contributed by atoms with van der Waals surface area (Å²) in [7, 11) is 1.69. The van der Waals surface area contributed by atoms with Gasteiger partial charge in [0.05, 0.1) is 21.1 Å². The Morgan fingerprint density at radius 2 is 1.67 bits per heavy atom. The van der Waals surface area contributed by atoms with Crippen LogP contribution in [0.4, 0.5) is 0 Å². The Bertz CT molecular complexity index is 1210. The fraction of sp³-hybridized carbons (Fsp3) is 0.261. The van der Waals surface area contributed by atoms with Gasteiger partial charge in [-0.05, 0) is 37.1 Å². The van der Waals surface area contributed by atoms with Gasteiger partial charge in [-0.25, -0.2) is 0 Å². The molecule has 3 aromatic rings. The van der Waals surface area contributed by atoms with Crippen LogP contribution in [0, 0.1) is 5.92 Å². The van der Waals surface area contributed by atoms with E-state index in [1.54, 1.807) is 30.1 Å². The molecule has 154 valence electrons. The number of carbonyl (C=O) groups is 2. The van der Waals surface area contributed by atoms with Crippen molar-refractivity contribution in [1.82, 2.24) is 9.47 Å². The minimum atomic E-state index is -0.221. The number of Topliss-reactive ketones (excluding diaryl/α,β-unsaturated/α-hetero) is 1. The smallest absolute Gasteiger partial charge is 0.254 e. The Morgan fingerprint density at radius 1 is 0.967 bits per heavy atom. The Hall–Kier alpha value is -2.63. The largest absolute Gasteiger partial charge is 0.339 e. The first-order chi connectivity index (χ1) is 14.4. The van der Waals surface area contributed by atoms with E-state index in [1.165, 1.54) is 10.6 Å². The molecule has 4 rings (SSSR count). The number of rotatable bonds is 3. The van der Waals surface area contributed by atoms with Crippen LogP contribution in [-0.2, 0) is 7.05 Å². The van der Waals surface area contributed by atoms with Gasteiger partial charge < -0.3 is 9.47 Å². The molecule has 1 aliphatic rings. The van der Waals surface area contributed by atoms with Gasteiger partial charge in [-0.2, -0.15) is 0 Å². The third kappa shape index (κ3) is 3.75. The van der Waals surface area contributed by atoms with Crippen LogP contribution in [-0.4, -0.2) is 34.2 Å². The van der Waals surface area contributed by atoms with Crippen LogP contribution >= 0.6 is 23.2 Å². The fourth-order valence-corrected chi connectivity index (χ4v) is 4.29. The van der Waals surface area contributed by atoms with E-state index in [9.17, 15) is 14.4 Å². The number of ketones is 1. The van der Waals surface area contributed by atoms with Crippen LogP contribution in [0.2, 0.25) is 10.0 Å². The second-order valence-electron chi connectivity index (χ2n) is 7.53. The maximum atomic E-state index is 13.2. The molecule has 1 aliphatic heterocycles. The van der Waals surface area contributed by atoms with Crippen molar-refractivity contribution in [2.45, 2.75) is 12.8 Å². The maximum Gasteiger partial charge on any atom is 0.254 e. The zero-order chi connectivity index (χ0) is 21.4. The highest BCUT2D eigenvalue weighted by Gasteiger charge is 2.29. The monoisotopic (exact) mass is 442 g/mol. The molecule has 0 bridgehead atoms. The number of fused-ring (bicyclic) bond motifs is 1. The van der Waals surface area contributed by atoms with Crippen molar-refractivity contribution in [3.05, 3.63) is 80.1 Å². The van der Waals surface area contributed by atoms with Crippen molar-refractivity contribution in [1.29, 1.82) is 0 Å². The molecule has 5 nitrogen and oxygen atoms in total. The SMILES string of the molecule is Cn1c(=O)cc(C(=O)N2CCC(C(=O)c3ccc(Cl)c(Cl)c3)CC2)c2ccccc21. The number of piperidine rings is 1. The summed E-state index contributed by atoms with van der Waals surface area (Å²) < 4.78 is 1.54. The zero-order valence-electron chi connectivity index (χ0n) is 16.4. The molecule has 0 spiro atoms. The third-order valence-corrected chi connectivity index (χ3v) is 6.48. The predicted octanol–water partition coefficient (Wildman–Crippen LogP) is 4.58. The molecule has 0 saturated carbocycles. The van der Waals surface area contributed by atoms with Crippen molar-refractivity contribution < 1.29 is 9.59 Å². The number of para-hydroxylation sites is 1. The number of carbonyl (C=O) groups excluding carboxylic acids is 2. The lowest BCUT2D eigenvalue weighted by Gasteiger charge is -2.31. The van der Waals surface area contributed by atoms with Crippen LogP contribution < -0.4 is 5.56 Å². The quantitative estimate of drug-likeness (QED) is 0.557. The lowest BCUT2D eigenvalue weighted by Crippen LogP contribution is -2.40. The van der Waals surface area contributed by atoms with Crippen molar-refractivity contribution in [2.24, 2.45) is 13.0 Å². The number of hydrogen-bond donors (Lipinski definition) is 0. The summed E-state index contributed by atoms with van der Waals surface area (Å²) in [5.74, 6) is -0.337. The number of halogens is 2. The lowest BCUT2D eigenvalue weighted by atomic mass is 9.88. The summed E-state index contributed by atoms with van der Waals surface area (Å²) in [6.07, 6.45) is 1.13. The Balaban J connectivity index is 1.52. The van der Waals surface area contributed by atoms with Gasteiger partial charge in [0.1, 0.15) is 0 Å². The predicted molar refractivity (Wildman–Crippen MR) is 119 cm³/mol. The number of likely N-dealkylation sites (tertiary alicyclic amines) is 1. The number of amides is 1. The average Bonchev–Trinajstić information content (AvgIpc) is 2.77. The minimum absolute atomic E-state index is 0.0136. The molecular weight excluding hydrogens is 423 g/mol. The first-order valence-corrected chi connectivity index (χ1v) is 10.5. The second-order valence-corrected chi connectivity index (χ2v) is 8.35. The summed E-state index contributed by atoms with van der Waals surface area (Å²) >= 11 is 12.0. The van der Waals surface area contributed by atoms with Crippen molar-refractivity contribution in [3.63, 3.8) is 0 Å². The number of hydrogen-bond acceptors (Lipinski definition) is 3. The number of pyridine rings is 1. The molecule has 2 aromatic carbocycles. The molecule has 0 radical (unpaired) electrons. The number of benzene rings is 2. The molecule has 7 heteroatoms. The van der Waals surface area contributed by atoms with Crippen LogP contribution in [0.5, 0.6) is 0 Å². The van der Waals surface area contributed by atoms with Crippen molar-refractivity contribution >= 4 is 45.8 Å². The standard InChI is InChI=1S/C23H20Cl2N2O3/c1-26-20-5-3-2-4-16(20)17(13-21(26)28)23(30)27-10-8-14(9-11-27)22(29)15-6-7-18(24)19(25)12-15/h2-7,12-14H,8-11H2,1H3. The van der Waals surface area contributed by atoms with E-state index in [0.29, 0.717) is 47.1 Å². The molecule has 1 amide bonds. The Kier molecular flexibility index (Phi) is 5.67. The molecule has 0 aliphatic carbocycles. The highest BCUT2D eigenvalue weighted by molar-refractivity contribution is 6.42. The van der Waals surface area contributed by atoms with Gasteiger partial charge in [-0.15, -0.1) is 0 Å². The molecule has 30 heavy (non-hydrogen) atoms. The molecule has 0 atom stereocenters. The van der Waals surface area contributed by atoms with Gasteiger partial charge >= 0.3 is 0 Å². The normalized spacial score (nSPS) is 14.8. The minimum Gasteiger partial charge on any atom is -0.339 e. The molecule has 1 saturated heterocycles. The molecule has 0 N–H and O–H groups in total. The van der Waals surface area contributed by atoms with Gasteiger partial charge in [-0.1, -0.05) is 41.4 Å². The number of aryl methyl sites for hydroxylation is 1. The van der Waals surface area contributed by atoms with E-state index in [-0.39, 0.29) is 23.2 Å². The summed E-state index contributed by atoms with van der Waals surface area (Å²) in [6.45, 7) is 0.917. The van der Waals surface area contributed by atoms with Crippen molar-refractivity contribution in [3.8, 4) is 0 Å². The van der Waals surface area contributed by atoms with E-state index in [4.69, 9.17) is 23.2 Å².